The van der Waals surface area contributed by atoms with Crippen LogP contribution < -0.4 is 0 Å². The van der Waals surface area contributed by atoms with Crippen LogP contribution in [0.1, 0.15) is 18.9 Å². The van der Waals surface area contributed by atoms with Gasteiger partial charge in [-0.1, -0.05) is 41.6 Å². The van der Waals surface area contributed by atoms with Gasteiger partial charge in [0.1, 0.15) is 5.78 Å². The van der Waals surface area contributed by atoms with Crippen LogP contribution in [-0.2, 0) is 11.0 Å². The molecule has 2 aromatic carbocycles. The van der Waals surface area contributed by atoms with Gasteiger partial charge in [-0.2, -0.15) is 13.2 Å². The van der Waals surface area contributed by atoms with Crippen LogP contribution in [0.4, 0.5) is 13.2 Å². The molecule has 0 bridgehead atoms. The average Bonchev–Trinajstić information content (AvgIpc) is 3.05. The number of ketones is 1. The van der Waals surface area contributed by atoms with Crippen molar-refractivity contribution in [3.63, 3.8) is 0 Å². The third kappa shape index (κ3) is 4.56. The molecule has 3 aromatic rings. The van der Waals surface area contributed by atoms with E-state index < -0.39 is 11.7 Å². The van der Waals surface area contributed by atoms with Crippen LogP contribution in [0, 0.1) is 0 Å². The number of rotatable bonds is 6. The van der Waals surface area contributed by atoms with Gasteiger partial charge in [0.15, 0.2) is 11.0 Å². The summed E-state index contributed by atoms with van der Waals surface area (Å²) >= 11 is 7.51. The molecule has 0 spiro atoms. The van der Waals surface area contributed by atoms with E-state index in [1.807, 2.05) is 0 Å². The van der Waals surface area contributed by atoms with Crippen molar-refractivity contribution in [2.24, 2.45) is 0 Å². The van der Waals surface area contributed by atoms with Gasteiger partial charge in [0, 0.05) is 17.7 Å². The molecule has 0 aliphatic carbocycles. The number of halogens is 4. The highest BCUT2D eigenvalue weighted by molar-refractivity contribution is 7.99. The number of hydrogen-bond donors (Lipinski definition) is 0. The minimum Gasteiger partial charge on any atom is -0.300 e. The highest BCUT2D eigenvalue weighted by Crippen LogP contribution is 2.35. The summed E-state index contributed by atoms with van der Waals surface area (Å²) < 4.78 is 41.1. The first-order valence-corrected chi connectivity index (χ1v) is 9.64. The van der Waals surface area contributed by atoms with Crippen LogP contribution in [0.15, 0.2) is 53.7 Å². The number of hydrogen-bond acceptors (Lipinski definition) is 4. The van der Waals surface area contributed by atoms with Crippen molar-refractivity contribution in [2.45, 2.75) is 24.7 Å². The maximum absolute atomic E-state index is 13.2. The lowest BCUT2D eigenvalue weighted by molar-refractivity contribution is -0.137. The van der Waals surface area contributed by atoms with E-state index in [2.05, 4.69) is 10.2 Å². The number of benzene rings is 2. The maximum atomic E-state index is 13.2. The van der Waals surface area contributed by atoms with E-state index in [4.69, 9.17) is 11.6 Å². The van der Waals surface area contributed by atoms with Gasteiger partial charge in [0.05, 0.1) is 16.3 Å². The SMILES string of the molecule is CC(=O)CCSc1nnc(-c2ccccc2Cl)n1-c1cccc(C(F)(F)F)c1. The summed E-state index contributed by atoms with van der Waals surface area (Å²) in [5, 5.41) is 9.07. The van der Waals surface area contributed by atoms with E-state index in [9.17, 15) is 18.0 Å². The lowest BCUT2D eigenvalue weighted by Gasteiger charge is -2.13. The molecule has 0 N–H and O–H groups in total. The zero-order chi connectivity index (χ0) is 20.3. The molecule has 0 unspecified atom stereocenters. The number of aromatic nitrogens is 3. The highest BCUT2D eigenvalue weighted by Gasteiger charge is 2.31. The minimum atomic E-state index is -4.48. The van der Waals surface area contributed by atoms with Crippen molar-refractivity contribution >= 4 is 29.1 Å². The summed E-state index contributed by atoms with van der Waals surface area (Å²) in [6.07, 6.45) is -4.15. The largest absolute Gasteiger partial charge is 0.416 e. The summed E-state index contributed by atoms with van der Waals surface area (Å²) in [6, 6.07) is 11.8. The quantitative estimate of drug-likeness (QED) is 0.477. The Bertz CT molecular complexity index is 1000. The Morgan fingerprint density at radius 3 is 2.57 bits per heavy atom. The zero-order valence-corrected chi connectivity index (χ0v) is 16.3. The van der Waals surface area contributed by atoms with Crippen LogP contribution >= 0.6 is 23.4 Å². The fourth-order valence-electron chi connectivity index (χ4n) is 2.52. The second kappa shape index (κ2) is 8.36. The molecule has 9 heteroatoms. The fourth-order valence-corrected chi connectivity index (χ4v) is 3.73. The number of alkyl halides is 3. The second-order valence-corrected chi connectivity index (χ2v) is 7.44. The van der Waals surface area contributed by atoms with Gasteiger partial charge in [-0.05, 0) is 37.3 Å². The van der Waals surface area contributed by atoms with Crippen LogP contribution in [0.25, 0.3) is 17.1 Å². The number of nitrogens with zero attached hydrogens (tertiary/aromatic N) is 3. The lowest BCUT2D eigenvalue weighted by atomic mass is 10.1. The summed E-state index contributed by atoms with van der Waals surface area (Å²) in [4.78, 5) is 11.2. The number of carbonyl (C=O) groups is 1. The Morgan fingerprint density at radius 1 is 1.14 bits per heavy atom. The van der Waals surface area contributed by atoms with E-state index in [-0.39, 0.29) is 11.5 Å². The van der Waals surface area contributed by atoms with Gasteiger partial charge in [0.25, 0.3) is 0 Å². The fraction of sp³-hybridized carbons (Fsp3) is 0.211. The molecule has 1 heterocycles. The van der Waals surface area contributed by atoms with E-state index in [0.717, 1.165) is 12.1 Å². The number of Topliss-reactive ketones (excluding diaryl/α,β-unsaturated/α-hetero) is 1. The Labute approximate surface area is 168 Å². The van der Waals surface area contributed by atoms with Gasteiger partial charge < -0.3 is 0 Å². The predicted octanol–water partition coefficient (Wildman–Crippen LogP) is 5.68. The van der Waals surface area contributed by atoms with E-state index in [1.54, 1.807) is 30.3 Å². The van der Waals surface area contributed by atoms with Crippen molar-refractivity contribution in [2.75, 3.05) is 5.75 Å². The van der Waals surface area contributed by atoms with Crippen LogP contribution in [0.3, 0.4) is 0 Å². The molecular formula is C19H15ClF3N3OS. The predicted molar refractivity (Wildman–Crippen MR) is 103 cm³/mol. The van der Waals surface area contributed by atoms with Crippen LogP contribution in [0.5, 0.6) is 0 Å². The van der Waals surface area contributed by atoms with Crippen molar-refractivity contribution in [3.8, 4) is 17.1 Å². The molecule has 0 amide bonds. The van der Waals surface area contributed by atoms with Gasteiger partial charge in [-0.25, -0.2) is 0 Å². The molecule has 0 atom stereocenters. The molecule has 28 heavy (non-hydrogen) atoms. The third-order valence-corrected chi connectivity index (χ3v) is 5.13. The van der Waals surface area contributed by atoms with Gasteiger partial charge in [-0.3, -0.25) is 9.36 Å². The Kier molecular flexibility index (Phi) is 6.10. The highest BCUT2D eigenvalue weighted by atomic mass is 35.5. The van der Waals surface area contributed by atoms with Crippen molar-refractivity contribution < 1.29 is 18.0 Å². The van der Waals surface area contributed by atoms with Gasteiger partial charge in [0.2, 0.25) is 0 Å². The summed E-state index contributed by atoms with van der Waals surface area (Å²) in [5.74, 6) is 0.786. The van der Waals surface area contributed by atoms with Gasteiger partial charge >= 0.3 is 6.18 Å². The molecule has 3 rings (SSSR count). The smallest absolute Gasteiger partial charge is 0.300 e. The van der Waals surface area contributed by atoms with Crippen LogP contribution in [-0.4, -0.2) is 26.3 Å². The first-order chi connectivity index (χ1) is 13.3. The molecule has 0 radical (unpaired) electrons. The van der Waals surface area contributed by atoms with E-state index >= 15 is 0 Å². The molecule has 0 fully saturated rings. The molecule has 1 aromatic heterocycles. The Balaban J connectivity index is 2.12. The normalized spacial score (nSPS) is 11.6. The number of carbonyl (C=O) groups excluding carboxylic acids is 1. The van der Waals surface area contributed by atoms with Crippen LogP contribution in [0.2, 0.25) is 5.02 Å². The molecular weight excluding hydrogens is 411 g/mol. The zero-order valence-electron chi connectivity index (χ0n) is 14.7. The Morgan fingerprint density at radius 2 is 1.89 bits per heavy atom. The summed E-state index contributed by atoms with van der Waals surface area (Å²) in [6.45, 7) is 1.48. The van der Waals surface area contributed by atoms with Crippen molar-refractivity contribution in [1.29, 1.82) is 0 Å². The average molecular weight is 426 g/mol. The molecule has 4 nitrogen and oxygen atoms in total. The first kappa shape index (κ1) is 20.4. The standard InChI is InChI=1S/C19H15ClF3N3OS/c1-12(27)9-10-28-18-25-24-17(15-7-2-3-8-16(15)20)26(18)14-6-4-5-13(11-14)19(21,22)23/h2-8,11H,9-10H2,1H3. The molecule has 0 aliphatic heterocycles. The molecule has 146 valence electrons. The molecule has 0 saturated heterocycles. The van der Waals surface area contributed by atoms with E-state index in [1.165, 1.54) is 29.3 Å². The lowest BCUT2D eigenvalue weighted by Crippen LogP contribution is -2.07. The summed E-state index contributed by atoms with van der Waals surface area (Å²) in [5.41, 5.74) is 0.0380. The minimum absolute atomic E-state index is 0.0176. The maximum Gasteiger partial charge on any atom is 0.416 e. The third-order valence-electron chi connectivity index (χ3n) is 3.87. The second-order valence-electron chi connectivity index (χ2n) is 5.97. The topological polar surface area (TPSA) is 47.8 Å². The van der Waals surface area contributed by atoms with E-state index in [0.29, 0.717) is 33.7 Å². The first-order valence-electron chi connectivity index (χ1n) is 8.27. The number of thioether (sulfide) groups is 1. The van der Waals surface area contributed by atoms with Gasteiger partial charge in [-0.15, -0.1) is 10.2 Å². The Hall–Kier alpha value is -2.32. The van der Waals surface area contributed by atoms with Crippen molar-refractivity contribution in [3.05, 3.63) is 59.1 Å². The monoisotopic (exact) mass is 425 g/mol. The summed E-state index contributed by atoms with van der Waals surface area (Å²) in [7, 11) is 0. The molecule has 0 saturated carbocycles. The van der Waals surface area contributed by atoms with Crippen molar-refractivity contribution in [1.82, 2.24) is 14.8 Å². The molecule has 0 aliphatic rings.